The van der Waals surface area contributed by atoms with E-state index in [4.69, 9.17) is 11.6 Å². The SMILES string of the molecule is Cc1c(Cl)cccc1N1CCN(CC=Cc2cnn(-c3ncccn3)c2C)CC1.Cl. The van der Waals surface area contributed by atoms with Crippen LogP contribution in [0.2, 0.25) is 5.02 Å². The number of aromatic nitrogens is 4. The fraction of sp³-hybridized carbons (Fsp3) is 0.318. The van der Waals surface area contributed by atoms with Crippen molar-refractivity contribution < 1.29 is 0 Å². The van der Waals surface area contributed by atoms with Crippen molar-refractivity contribution in [2.75, 3.05) is 37.6 Å². The van der Waals surface area contributed by atoms with E-state index in [2.05, 4.69) is 50.0 Å². The van der Waals surface area contributed by atoms with Gasteiger partial charge in [0.05, 0.1) is 11.9 Å². The third kappa shape index (κ3) is 4.83. The Morgan fingerprint density at radius 1 is 1.03 bits per heavy atom. The van der Waals surface area contributed by atoms with Gasteiger partial charge in [0.1, 0.15) is 0 Å². The molecular formula is C22H26Cl2N6. The third-order valence-corrected chi connectivity index (χ3v) is 5.81. The molecule has 1 aromatic carbocycles. The molecular weight excluding hydrogens is 419 g/mol. The van der Waals surface area contributed by atoms with Crippen LogP contribution in [-0.4, -0.2) is 57.4 Å². The van der Waals surface area contributed by atoms with Crippen LogP contribution < -0.4 is 4.90 Å². The standard InChI is InChI=1S/C22H25ClN6.ClH/c1-17-20(23)7-3-8-21(17)28-14-12-27(13-15-28)11-4-6-19-16-26-29(18(19)2)22-24-9-5-10-25-22;/h3-10,16H,11-15H2,1-2H3;1H. The van der Waals surface area contributed by atoms with Gasteiger partial charge in [-0.25, -0.2) is 14.6 Å². The number of hydrogen-bond acceptors (Lipinski definition) is 5. The van der Waals surface area contributed by atoms with Crippen LogP contribution in [0.4, 0.5) is 5.69 Å². The molecule has 8 heteroatoms. The Kier molecular flexibility index (Phi) is 7.48. The minimum absolute atomic E-state index is 0. The van der Waals surface area contributed by atoms with Gasteiger partial charge < -0.3 is 4.90 Å². The van der Waals surface area contributed by atoms with Gasteiger partial charge in [-0.2, -0.15) is 5.10 Å². The maximum atomic E-state index is 6.28. The predicted octanol–water partition coefficient (Wildman–Crippen LogP) is 4.19. The van der Waals surface area contributed by atoms with E-state index >= 15 is 0 Å². The molecule has 0 spiro atoms. The van der Waals surface area contributed by atoms with Crippen LogP contribution in [0.5, 0.6) is 0 Å². The van der Waals surface area contributed by atoms with Crippen LogP contribution in [0.15, 0.2) is 48.9 Å². The molecule has 4 rings (SSSR count). The molecule has 158 valence electrons. The maximum absolute atomic E-state index is 6.28. The van der Waals surface area contributed by atoms with Gasteiger partial charge in [0, 0.05) is 61.4 Å². The number of rotatable bonds is 5. The summed E-state index contributed by atoms with van der Waals surface area (Å²) in [5.41, 5.74) is 4.54. The van der Waals surface area contributed by atoms with Crippen LogP contribution >= 0.6 is 24.0 Å². The number of anilines is 1. The Balaban J connectivity index is 0.00000256. The van der Waals surface area contributed by atoms with E-state index in [0.29, 0.717) is 5.95 Å². The minimum Gasteiger partial charge on any atom is -0.369 e. The van der Waals surface area contributed by atoms with E-state index in [0.717, 1.165) is 54.6 Å². The number of nitrogens with zero attached hydrogens (tertiary/aromatic N) is 6. The highest BCUT2D eigenvalue weighted by Crippen LogP contribution is 2.27. The van der Waals surface area contributed by atoms with E-state index < -0.39 is 0 Å². The summed E-state index contributed by atoms with van der Waals surface area (Å²) in [5.74, 6) is 0.595. The Labute approximate surface area is 188 Å². The summed E-state index contributed by atoms with van der Waals surface area (Å²) in [6.45, 7) is 9.15. The topological polar surface area (TPSA) is 50.1 Å². The van der Waals surface area contributed by atoms with Crippen LogP contribution in [0.3, 0.4) is 0 Å². The molecule has 0 aliphatic carbocycles. The second kappa shape index (κ2) is 10.1. The van der Waals surface area contributed by atoms with Crippen molar-refractivity contribution >= 4 is 35.8 Å². The first-order valence-corrected chi connectivity index (χ1v) is 10.2. The summed E-state index contributed by atoms with van der Waals surface area (Å²) in [5, 5.41) is 5.26. The van der Waals surface area contributed by atoms with Crippen molar-refractivity contribution in [3.05, 3.63) is 70.8 Å². The normalized spacial score (nSPS) is 14.8. The highest BCUT2D eigenvalue weighted by atomic mass is 35.5. The van der Waals surface area contributed by atoms with Crippen molar-refractivity contribution in [1.82, 2.24) is 24.6 Å². The van der Waals surface area contributed by atoms with Crippen LogP contribution in [0.25, 0.3) is 12.0 Å². The lowest BCUT2D eigenvalue weighted by molar-refractivity contribution is 0.284. The lowest BCUT2D eigenvalue weighted by atomic mass is 10.1. The van der Waals surface area contributed by atoms with Crippen molar-refractivity contribution in [3.8, 4) is 5.95 Å². The average molecular weight is 445 g/mol. The van der Waals surface area contributed by atoms with Gasteiger partial charge in [-0.3, -0.25) is 4.90 Å². The molecule has 1 fully saturated rings. The molecule has 2 aromatic heterocycles. The van der Waals surface area contributed by atoms with Crippen molar-refractivity contribution in [3.63, 3.8) is 0 Å². The van der Waals surface area contributed by atoms with Crippen LogP contribution in [0, 0.1) is 13.8 Å². The van der Waals surface area contributed by atoms with E-state index in [9.17, 15) is 0 Å². The summed E-state index contributed by atoms with van der Waals surface area (Å²) < 4.78 is 1.77. The molecule has 0 bridgehead atoms. The van der Waals surface area contributed by atoms with Gasteiger partial charge in [-0.1, -0.05) is 29.8 Å². The molecule has 0 atom stereocenters. The number of halogens is 2. The predicted molar refractivity (Wildman–Crippen MR) is 125 cm³/mol. The summed E-state index contributed by atoms with van der Waals surface area (Å²) in [6.07, 6.45) is 9.66. The first-order valence-electron chi connectivity index (χ1n) is 9.84. The van der Waals surface area contributed by atoms with Gasteiger partial charge in [0.25, 0.3) is 5.95 Å². The van der Waals surface area contributed by atoms with Gasteiger partial charge in [0.15, 0.2) is 0 Å². The molecule has 0 amide bonds. The molecule has 6 nitrogen and oxygen atoms in total. The zero-order chi connectivity index (χ0) is 20.2. The van der Waals surface area contributed by atoms with Crippen molar-refractivity contribution in [2.24, 2.45) is 0 Å². The molecule has 30 heavy (non-hydrogen) atoms. The summed E-state index contributed by atoms with van der Waals surface area (Å²) >= 11 is 6.28. The van der Waals surface area contributed by atoms with E-state index in [-0.39, 0.29) is 12.4 Å². The smallest absolute Gasteiger partial charge is 0.250 e. The Morgan fingerprint density at radius 2 is 1.77 bits per heavy atom. The monoisotopic (exact) mass is 444 g/mol. The molecule has 1 aliphatic heterocycles. The minimum atomic E-state index is 0. The van der Waals surface area contributed by atoms with Crippen LogP contribution in [0.1, 0.15) is 16.8 Å². The average Bonchev–Trinajstić information content (AvgIpc) is 3.12. The van der Waals surface area contributed by atoms with Crippen molar-refractivity contribution in [1.29, 1.82) is 0 Å². The highest BCUT2D eigenvalue weighted by Gasteiger charge is 2.18. The molecule has 1 saturated heterocycles. The zero-order valence-electron chi connectivity index (χ0n) is 17.2. The molecule has 0 radical (unpaired) electrons. The fourth-order valence-electron chi connectivity index (χ4n) is 3.63. The number of piperazine rings is 1. The second-order valence-corrected chi connectivity index (χ2v) is 7.63. The largest absolute Gasteiger partial charge is 0.369 e. The first kappa shape index (κ1) is 22.3. The Bertz CT molecular complexity index is 994. The van der Waals surface area contributed by atoms with Gasteiger partial charge in [-0.05, 0) is 37.6 Å². The van der Waals surface area contributed by atoms with E-state index in [1.54, 1.807) is 23.1 Å². The molecule has 0 saturated carbocycles. The Morgan fingerprint density at radius 3 is 2.50 bits per heavy atom. The number of hydrogen-bond donors (Lipinski definition) is 0. The molecule has 1 aliphatic rings. The summed E-state index contributed by atoms with van der Waals surface area (Å²) in [6, 6.07) is 7.95. The van der Waals surface area contributed by atoms with E-state index in [1.807, 2.05) is 25.3 Å². The maximum Gasteiger partial charge on any atom is 0.250 e. The number of benzene rings is 1. The third-order valence-electron chi connectivity index (χ3n) is 5.40. The molecule has 3 aromatic rings. The molecule has 0 unspecified atom stereocenters. The first-order chi connectivity index (χ1) is 14.1. The lowest BCUT2D eigenvalue weighted by Crippen LogP contribution is -2.46. The molecule has 0 N–H and O–H groups in total. The summed E-state index contributed by atoms with van der Waals surface area (Å²) in [4.78, 5) is 13.4. The lowest BCUT2D eigenvalue weighted by Gasteiger charge is -2.36. The summed E-state index contributed by atoms with van der Waals surface area (Å²) in [7, 11) is 0. The Hall–Kier alpha value is -2.41. The second-order valence-electron chi connectivity index (χ2n) is 7.22. The van der Waals surface area contributed by atoms with Gasteiger partial charge >= 0.3 is 0 Å². The quantitative estimate of drug-likeness (QED) is 0.590. The van der Waals surface area contributed by atoms with Gasteiger partial charge in [-0.15, -0.1) is 12.4 Å². The van der Waals surface area contributed by atoms with Crippen molar-refractivity contribution in [2.45, 2.75) is 13.8 Å². The van der Waals surface area contributed by atoms with E-state index in [1.165, 1.54) is 5.69 Å². The zero-order valence-corrected chi connectivity index (χ0v) is 18.8. The van der Waals surface area contributed by atoms with Crippen LogP contribution in [-0.2, 0) is 0 Å². The highest BCUT2D eigenvalue weighted by molar-refractivity contribution is 6.31. The van der Waals surface area contributed by atoms with Gasteiger partial charge in [0.2, 0.25) is 0 Å². The fourth-order valence-corrected chi connectivity index (χ4v) is 3.80. The molecule has 3 heterocycles.